The van der Waals surface area contributed by atoms with E-state index < -0.39 is 0 Å². The molecule has 1 heterocycles. The van der Waals surface area contributed by atoms with Gasteiger partial charge >= 0.3 is 0 Å². The van der Waals surface area contributed by atoms with Crippen LogP contribution in [0.25, 0.3) is 0 Å². The number of hydrogen-bond acceptors (Lipinski definition) is 3. The molecule has 1 saturated heterocycles. The minimum absolute atomic E-state index is 0.515. The first-order valence-electron chi connectivity index (χ1n) is 7.90. The standard InChI is InChI=1S/C17H28N2S/c1-20-14-8-3-2-7-12-19-13-11-18-17(15-19)16-9-5-4-6-10-16/h4-6,9-10,17-18H,2-3,7-8,11-15H2,1H3. The van der Waals surface area contributed by atoms with Gasteiger partial charge in [-0.1, -0.05) is 43.2 Å². The summed E-state index contributed by atoms with van der Waals surface area (Å²) < 4.78 is 0. The summed E-state index contributed by atoms with van der Waals surface area (Å²) in [5, 5.41) is 3.64. The van der Waals surface area contributed by atoms with Crippen LogP contribution in [-0.2, 0) is 0 Å². The van der Waals surface area contributed by atoms with Gasteiger partial charge in [-0.3, -0.25) is 0 Å². The summed E-state index contributed by atoms with van der Waals surface area (Å²) in [5.74, 6) is 1.32. The van der Waals surface area contributed by atoms with Gasteiger partial charge in [-0.25, -0.2) is 0 Å². The molecule has 2 rings (SSSR count). The van der Waals surface area contributed by atoms with Crippen LogP contribution in [0.1, 0.15) is 37.3 Å². The van der Waals surface area contributed by atoms with Gasteiger partial charge in [0.25, 0.3) is 0 Å². The Hall–Kier alpha value is -0.510. The molecule has 1 N–H and O–H groups in total. The molecule has 0 bridgehead atoms. The number of nitrogens with zero attached hydrogens (tertiary/aromatic N) is 1. The van der Waals surface area contributed by atoms with Crippen molar-refractivity contribution in [3.63, 3.8) is 0 Å². The summed E-state index contributed by atoms with van der Waals surface area (Å²) in [6, 6.07) is 11.4. The van der Waals surface area contributed by atoms with Crippen LogP contribution >= 0.6 is 11.8 Å². The van der Waals surface area contributed by atoms with Crippen LogP contribution < -0.4 is 5.32 Å². The molecule has 1 aromatic rings. The molecule has 0 aliphatic carbocycles. The first-order chi connectivity index (χ1) is 9.90. The third-order valence-electron chi connectivity index (χ3n) is 4.03. The molecule has 0 aromatic heterocycles. The van der Waals surface area contributed by atoms with Gasteiger partial charge in [0.15, 0.2) is 0 Å². The second-order valence-electron chi connectivity index (χ2n) is 5.63. The molecule has 1 aliphatic rings. The van der Waals surface area contributed by atoms with E-state index in [1.807, 2.05) is 11.8 Å². The molecular formula is C17H28N2S. The molecule has 0 saturated carbocycles. The molecule has 112 valence electrons. The van der Waals surface area contributed by atoms with E-state index in [2.05, 4.69) is 46.8 Å². The first-order valence-corrected chi connectivity index (χ1v) is 9.29. The summed E-state index contributed by atoms with van der Waals surface area (Å²) in [7, 11) is 0. The average Bonchev–Trinajstić information content (AvgIpc) is 2.52. The lowest BCUT2D eigenvalue weighted by Gasteiger charge is -2.34. The van der Waals surface area contributed by atoms with Gasteiger partial charge in [-0.05, 0) is 37.0 Å². The molecule has 3 heteroatoms. The van der Waals surface area contributed by atoms with E-state index in [0.29, 0.717) is 6.04 Å². The number of unbranched alkanes of at least 4 members (excludes halogenated alkanes) is 3. The molecule has 0 spiro atoms. The van der Waals surface area contributed by atoms with E-state index in [0.717, 1.165) is 13.1 Å². The van der Waals surface area contributed by atoms with Gasteiger partial charge in [-0.15, -0.1) is 0 Å². The Balaban J connectivity index is 1.66. The Kier molecular flexibility index (Phi) is 7.48. The molecule has 1 aliphatic heterocycles. The second kappa shape index (κ2) is 9.43. The van der Waals surface area contributed by atoms with Gasteiger partial charge in [0.05, 0.1) is 0 Å². The van der Waals surface area contributed by atoms with E-state index >= 15 is 0 Å². The van der Waals surface area contributed by atoms with Crippen LogP contribution in [0.5, 0.6) is 0 Å². The molecule has 0 amide bonds. The van der Waals surface area contributed by atoms with Crippen LogP contribution in [0, 0.1) is 0 Å². The van der Waals surface area contributed by atoms with Gasteiger partial charge in [0.1, 0.15) is 0 Å². The van der Waals surface area contributed by atoms with Crippen LogP contribution in [0.15, 0.2) is 30.3 Å². The van der Waals surface area contributed by atoms with Crippen molar-refractivity contribution in [3.8, 4) is 0 Å². The van der Waals surface area contributed by atoms with Crippen molar-refractivity contribution in [2.45, 2.75) is 31.7 Å². The summed E-state index contributed by atoms with van der Waals surface area (Å²) in [5.41, 5.74) is 1.43. The summed E-state index contributed by atoms with van der Waals surface area (Å²) in [6.07, 6.45) is 7.73. The zero-order chi connectivity index (χ0) is 14.0. The highest BCUT2D eigenvalue weighted by Crippen LogP contribution is 2.17. The van der Waals surface area contributed by atoms with Gasteiger partial charge in [-0.2, -0.15) is 11.8 Å². The minimum Gasteiger partial charge on any atom is -0.308 e. The predicted octanol–water partition coefficient (Wildman–Crippen LogP) is 3.56. The molecule has 2 nitrogen and oxygen atoms in total. The van der Waals surface area contributed by atoms with Crippen LogP contribution in [0.2, 0.25) is 0 Å². The zero-order valence-electron chi connectivity index (χ0n) is 12.7. The maximum absolute atomic E-state index is 3.64. The Labute approximate surface area is 128 Å². The molecule has 0 radical (unpaired) electrons. The van der Waals surface area contributed by atoms with Crippen LogP contribution in [-0.4, -0.2) is 43.1 Å². The highest BCUT2D eigenvalue weighted by Gasteiger charge is 2.19. The minimum atomic E-state index is 0.515. The number of rotatable bonds is 8. The van der Waals surface area contributed by atoms with Gasteiger partial charge in [0, 0.05) is 25.7 Å². The van der Waals surface area contributed by atoms with Crippen molar-refractivity contribution in [2.24, 2.45) is 0 Å². The van der Waals surface area contributed by atoms with E-state index in [4.69, 9.17) is 0 Å². The summed E-state index contributed by atoms with van der Waals surface area (Å²) in [4.78, 5) is 2.63. The second-order valence-corrected chi connectivity index (χ2v) is 6.61. The zero-order valence-corrected chi connectivity index (χ0v) is 13.5. The SMILES string of the molecule is CSCCCCCCN1CCNC(c2ccccc2)C1. The fourth-order valence-electron chi connectivity index (χ4n) is 2.86. The lowest BCUT2D eigenvalue weighted by molar-refractivity contribution is 0.197. The van der Waals surface area contributed by atoms with Crippen molar-refractivity contribution in [2.75, 3.05) is 38.2 Å². The molecule has 20 heavy (non-hydrogen) atoms. The van der Waals surface area contributed by atoms with Crippen LogP contribution in [0.3, 0.4) is 0 Å². The normalized spacial score (nSPS) is 20.1. The monoisotopic (exact) mass is 292 g/mol. The van der Waals surface area contributed by atoms with Crippen molar-refractivity contribution >= 4 is 11.8 Å². The van der Waals surface area contributed by atoms with Crippen molar-refractivity contribution in [3.05, 3.63) is 35.9 Å². The predicted molar refractivity (Wildman–Crippen MR) is 90.5 cm³/mol. The molecular weight excluding hydrogens is 264 g/mol. The Morgan fingerprint density at radius 1 is 1.15 bits per heavy atom. The first kappa shape index (κ1) is 15.9. The van der Waals surface area contributed by atoms with E-state index in [1.165, 1.54) is 50.1 Å². The Bertz CT molecular complexity index is 355. The Morgan fingerprint density at radius 3 is 2.75 bits per heavy atom. The number of nitrogens with one attached hydrogen (secondary N) is 1. The lowest BCUT2D eigenvalue weighted by Crippen LogP contribution is -2.45. The highest BCUT2D eigenvalue weighted by molar-refractivity contribution is 7.98. The highest BCUT2D eigenvalue weighted by atomic mass is 32.2. The number of thioether (sulfide) groups is 1. The molecule has 1 unspecified atom stereocenters. The molecule has 1 aromatic carbocycles. The summed E-state index contributed by atoms with van der Waals surface area (Å²) in [6.45, 7) is 4.75. The van der Waals surface area contributed by atoms with Crippen molar-refractivity contribution < 1.29 is 0 Å². The van der Waals surface area contributed by atoms with Crippen molar-refractivity contribution in [1.82, 2.24) is 10.2 Å². The maximum Gasteiger partial charge on any atom is 0.0449 e. The summed E-state index contributed by atoms with van der Waals surface area (Å²) >= 11 is 1.97. The smallest absolute Gasteiger partial charge is 0.0449 e. The van der Waals surface area contributed by atoms with E-state index in [-0.39, 0.29) is 0 Å². The van der Waals surface area contributed by atoms with Gasteiger partial charge < -0.3 is 10.2 Å². The maximum atomic E-state index is 3.64. The number of benzene rings is 1. The van der Waals surface area contributed by atoms with Crippen molar-refractivity contribution in [1.29, 1.82) is 0 Å². The van der Waals surface area contributed by atoms with E-state index in [1.54, 1.807) is 0 Å². The molecule has 1 fully saturated rings. The third kappa shape index (κ3) is 5.47. The molecule has 1 atom stereocenters. The lowest BCUT2D eigenvalue weighted by atomic mass is 10.0. The van der Waals surface area contributed by atoms with Crippen LogP contribution in [0.4, 0.5) is 0 Å². The van der Waals surface area contributed by atoms with E-state index in [9.17, 15) is 0 Å². The topological polar surface area (TPSA) is 15.3 Å². The average molecular weight is 292 g/mol. The Morgan fingerprint density at radius 2 is 1.95 bits per heavy atom. The fraction of sp³-hybridized carbons (Fsp3) is 0.647. The largest absolute Gasteiger partial charge is 0.308 e. The number of piperazine rings is 1. The fourth-order valence-corrected chi connectivity index (χ4v) is 3.35. The quantitative estimate of drug-likeness (QED) is 0.738. The van der Waals surface area contributed by atoms with Gasteiger partial charge in [0.2, 0.25) is 0 Å². The third-order valence-corrected chi connectivity index (χ3v) is 4.73. The number of hydrogen-bond donors (Lipinski definition) is 1.